The maximum absolute atomic E-state index is 11.5. The van der Waals surface area contributed by atoms with Crippen LogP contribution in [0.25, 0.3) is 0 Å². The normalized spacial score (nSPS) is 12.9. The molecule has 0 aromatic carbocycles. The van der Waals surface area contributed by atoms with E-state index in [0.717, 1.165) is 6.42 Å². The maximum atomic E-state index is 11.5. The fourth-order valence-electron chi connectivity index (χ4n) is 1.28. The van der Waals surface area contributed by atoms with Crippen LogP contribution in [-0.2, 0) is 9.53 Å². The molecule has 4 heteroatoms. The molecule has 0 radical (unpaired) electrons. The van der Waals surface area contributed by atoms with Crippen molar-refractivity contribution in [1.82, 2.24) is 5.32 Å². The molecular formula is C14H30N2O2. The predicted molar refractivity (Wildman–Crippen MR) is 75.3 cm³/mol. The van der Waals surface area contributed by atoms with Crippen molar-refractivity contribution in [2.24, 2.45) is 17.1 Å². The number of nitrogens with one attached hydrogen (secondary N) is 1. The summed E-state index contributed by atoms with van der Waals surface area (Å²) in [4.78, 5) is 11.5. The van der Waals surface area contributed by atoms with Gasteiger partial charge in [-0.1, -0.05) is 27.7 Å². The van der Waals surface area contributed by atoms with E-state index in [1.165, 1.54) is 0 Å². The summed E-state index contributed by atoms with van der Waals surface area (Å²) in [7, 11) is 0. The van der Waals surface area contributed by atoms with Gasteiger partial charge in [0.25, 0.3) is 0 Å². The highest BCUT2D eigenvalue weighted by Crippen LogP contribution is 2.20. The lowest BCUT2D eigenvalue weighted by molar-refractivity contribution is -0.124. The third kappa shape index (κ3) is 7.67. The monoisotopic (exact) mass is 258 g/mol. The molecule has 0 unspecified atom stereocenters. The molecule has 0 saturated carbocycles. The first-order valence-electron chi connectivity index (χ1n) is 6.71. The first-order valence-corrected chi connectivity index (χ1v) is 6.71. The van der Waals surface area contributed by atoms with Gasteiger partial charge < -0.3 is 15.8 Å². The fourth-order valence-corrected chi connectivity index (χ4v) is 1.28. The van der Waals surface area contributed by atoms with E-state index in [2.05, 4.69) is 19.2 Å². The first-order chi connectivity index (χ1) is 8.09. The number of hydrogen-bond donors (Lipinski definition) is 2. The van der Waals surface area contributed by atoms with Crippen LogP contribution in [0.3, 0.4) is 0 Å². The third-order valence-corrected chi connectivity index (χ3v) is 3.03. The molecule has 0 heterocycles. The van der Waals surface area contributed by atoms with Crippen molar-refractivity contribution in [3.8, 4) is 0 Å². The average Bonchev–Trinajstić information content (AvgIpc) is 2.25. The summed E-state index contributed by atoms with van der Waals surface area (Å²) in [6.07, 6.45) is 0.898. The number of carbonyl (C=O) groups is 1. The number of hydrogen-bond acceptors (Lipinski definition) is 3. The lowest BCUT2D eigenvalue weighted by Crippen LogP contribution is -2.38. The van der Waals surface area contributed by atoms with Crippen LogP contribution in [0.15, 0.2) is 0 Å². The Bertz CT molecular complexity index is 261. The van der Waals surface area contributed by atoms with Gasteiger partial charge in [0.15, 0.2) is 0 Å². The van der Waals surface area contributed by atoms with Crippen LogP contribution < -0.4 is 11.1 Å². The van der Waals surface area contributed by atoms with Gasteiger partial charge in [-0.05, 0) is 25.7 Å². The highest BCUT2D eigenvalue weighted by Gasteiger charge is 2.22. The summed E-state index contributed by atoms with van der Waals surface area (Å²) in [5.74, 6) is 0.138. The number of nitrogens with two attached hydrogens (primary N) is 1. The molecule has 4 nitrogen and oxygen atoms in total. The molecular weight excluding hydrogens is 228 g/mol. The highest BCUT2D eigenvalue weighted by molar-refractivity contribution is 5.77. The molecule has 0 aromatic heterocycles. The zero-order valence-electron chi connectivity index (χ0n) is 12.8. The average molecular weight is 258 g/mol. The van der Waals surface area contributed by atoms with Gasteiger partial charge in [0.1, 0.15) is 0 Å². The minimum absolute atomic E-state index is 0.0354. The van der Waals surface area contributed by atoms with Crippen molar-refractivity contribution < 1.29 is 9.53 Å². The molecule has 0 atom stereocenters. The van der Waals surface area contributed by atoms with E-state index in [9.17, 15) is 4.79 Å². The van der Waals surface area contributed by atoms with Gasteiger partial charge in [-0.25, -0.2) is 0 Å². The molecule has 18 heavy (non-hydrogen) atoms. The molecule has 0 bridgehead atoms. The Kier molecular flexibility index (Phi) is 6.86. The van der Waals surface area contributed by atoms with Crippen molar-refractivity contribution in [3.05, 3.63) is 0 Å². The summed E-state index contributed by atoms with van der Waals surface area (Å²) in [6, 6.07) is 0. The third-order valence-electron chi connectivity index (χ3n) is 3.03. The minimum Gasteiger partial charge on any atom is -0.374 e. The Morgan fingerprint density at radius 1 is 1.28 bits per heavy atom. The second kappa shape index (κ2) is 7.10. The molecule has 0 spiro atoms. The second-order valence-electron chi connectivity index (χ2n) is 6.60. The van der Waals surface area contributed by atoms with Gasteiger partial charge >= 0.3 is 0 Å². The Balaban J connectivity index is 3.97. The summed E-state index contributed by atoms with van der Waals surface area (Å²) >= 11 is 0. The second-order valence-corrected chi connectivity index (χ2v) is 6.60. The van der Waals surface area contributed by atoms with Gasteiger partial charge in [-0.3, -0.25) is 4.79 Å². The van der Waals surface area contributed by atoms with Crippen molar-refractivity contribution >= 4 is 5.91 Å². The Morgan fingerprint density at radius 3 is 2.28 bits per heavy atom. The van der Waals surface area contributed by atoms with Crippen LogP contribution in [0.2, 0.25) is 0 Å². The zero-order chi connectivity index (χ0) is 14.4. The van der Waals surface area contributed by atoms with E-state index in [-0.39, 0.29) is 22.8 Å². The van der Waals surface area contributed by atoms with Crippen LogP contribution in [0, 0.1) is 11.3 Å². The van der Waals surface area contributed by atoms with Gasteiger partial charge in [-0.2, -0.15) is 0 Å². The maximum Gasteiger partial charge on any atom is 0.222 e. The lowest BCUT2D eigenvalue weighted by Gasteiger charge is -2.29. The van der Waals surface area contributed by atoms with Crippen LogP contribution in [-0.4, -0.2) is 31.2 Å². The van der Waals surface area contributed by atoms with Crippen molar-refractivity contribution in [3.63, 3.8) is 0 Å². The molecule has 0 saturated heterocycles. The Labute approximate surface area is 112 Å². The SMILES string of the molecule is CC(C)C(=O)NCC(C)(C)CCOC(C)(C)CN. The molecule has 0 aromatic rings. The Morgan fingerprint density at radius 2 is 1.83 bits per heavy atom. The molecule has 1 amide bonds. The largest absolute Gasteiger partial charge is 0.374 e. The van der Waals surface area contributed by atoms with Crippen LogP contribution in [0.4, 0.5) is 0 Å². The molecule has 0 fully saturated rings. The fraction of sp³-hybridized carbons (Fsp3) is 0.929. The summed E-state index contributed by atoms with van der Waals surface area (Å²) in [5, 5.41) is 2.96. The number of carbonyl (C=O) groups excluding carboxylic acids is 1. The Hall–Kier alpha value is -0.610. The predicted octanol–water partition coefficient (Wildman–Crippen LogP) is 1.93. The summed E-state index contributed by atoms with van der Waals surface area (Å²) < 4.78 is 5.73. The molecule has 0 aliphatic heterocycles. The van der Waals surface area contributed by atoms with Gasteiger partial charge in [0.05, 0.1) is 5.60 Å². The quantitative estimate of drug-likeness (QED) is 0.699. The summed E-state index contributed by atoms with van der Waals surface area (Å²) in [5.41, 5.74) is 5.38. The number of rotatable bonds is 8. The van der Waals surface area contributed by atoms with E-state index >= 15 is 0 Å². The number of amides is 1. The molecule has 108 valence electrons. The standard InChI is InChI=1S/C14H30N2O2/c1-11(2)12(17)16-10-13(3,4)7-8-18-14(5,6)9-15/h11H,7-10,15H2,1-6H3,(H,16,17). The van der Waals surface area contributed by atoms with Crippen LogP contribution >= 0.6 is 0 Å². The van der Waals surface area contributed by atoms with E-state index in [1.54, 1.807) is 0 Å². The highest BCUT2D eigenvalue weighted by atomic mass is 16.5. The van der Waals surface area contributed by atoms with Gasteiger partial charge in [0.2, 0.25) is 5.91 Å². The van der Waals surface area contributed by atoms with E-state index in [1.807, 2.05) is 27.7 Å². The van der Waals surface area contributed by atoms with E-state index < -0.39 is 0 Å². The van der Waals surface area contributed by atoms with Crippen molar-refractivity contribution in [2.75, 3.05) is 19.7 Å². The lowest BCUT2D eigenvalue weighted by atomic mass is 9.89. The summed E-state index contributed by atoms with van der Waals surface area (Å²) in [6.45, 7) is 13.9. The topological polar surface area (TPSA) is 64.3 Å². The molecule has 0 aliphatic rings. The van der Waals surface area contributed by atoms with Crippen LogP contribution in [0.5, 0.6) is 0 Å². The molecule has 0 aliphatic carbocycles. The minimum atomic E-state index is -0.267. The number of ether oxygens (including phenoxy) is 1. The van der Waals surface area contributed by atoms with Crippen molar-refractivity contribution in [2.45, 2.75) is 53.6 Å². The first kappa shape index (κ1) is 17.4. The molecule has 3 N–H and O–H groups in total. The van der Waals surface area contributed by atoms with Crippen LogP contribution in [0.1, 0.15) is 48.0 Å². The smallest absolute Gasteiger partial charge is 0.222 e. The van der Waals surface area contributed by atoms with Crippen molar-refractivity contribution in [1.29, 1.82) is 0 Å². The van der Waals surface area contributed by atoms with E-state index in [0.29, 0.717) is 19.7 Å². The zero-order valence-corrected chi connectivity index (χ0v) is 12.8. The van der Waals surface area contributed by atoms with Gasteiger partial charge in [0, 0.05) is 25.6 Å². The van der Waals surface area contributed by atoms with Gasteiger partial charge in [-0.15, -0.1) is 0 Å². The van der Waals surface area contributed by atoms with E-state index in [4.69, 9.17) is 10.5 Å². The molecule has 0 rings (SSSR count).